The molecule has 0 aromatic heterocycles. The summed E-state index contributed by atoms with van der Waals surface area (Å²) in [6.45, 7) is 17.7. The second kappa shape index (κ2) is 19.6. The van der Waals surface area contributed by atoms with Crippen molar-refractivity contribution in [3.63, 3.8) is 0 Å². The number of aryl methyl sites for hydroxylation is 10. The van der Waals surface area contributed by atoms with Crippen LogP contribution in [0.1, 0.15) is 55.6 Å². The van der Waals surface area contributed by atoms with Crippen LogP contribution in [-0.4, -0.2) is 9.52 Å². The summed E-state index contributed by atoms with van der Waals surface area (Å²) in [6, 6.07) is 35.4. The summed E-state index contributed by atoms with van der Waals surface area (Å²) in [5.41, 5.74) is 14.3. The van der Waals surface area contributed by atoms with Crippen molar-refractivity contribution in [3.05, 3.63) is 153 Å². The van der Waals surface area contributed by atoms with Gasteiger partial charge in [0.05, 0.1) is 0 Å². The van der Waals surface area contributed by atoms with Gasteiger partial charge < -0.3 is 0 Å². The first-order chi connectivity index (χ1) is 22.2. The van der Waals surface area contributed by atoms with E-state index in [2.05, 4.69) is 152 Å². The molecule has 0 spiro atoms. The molecule has 0 aliphatic rings. The summed E-state index contributed by atoms with van der Waals surface area (Å²) in [6.07, 6.45) is 4.46. The fourth-order valence-electron chi connectivity index (χ4n) is 6.10. The summed E-state index contributed by atoms with van der Waals surface area (Å²) >= 11 is -0.826. The molecule has 0 bridgehead atoms. The van der Waals surface area contributed by atoms with Gasteiger partial charge in [0.25, 0.3) is 0 Å². The average Bonchev–Trinajstić information content (AvgIpc) is 3.54. The van der Waals surface area contributed by atoms with Crippen LogP contribution in [0.4, 0.5) is 0 Å². The van der Waals surface area contributed by atoms with Crippen LogP contribution in [-0.2, 0) is 46.5 Å². The van der Waals surface area contributed by atoms with Gasteiger partial charge in [0.15, 0.2) is 0 Å². The molecule has 0 aliphatic carbocycles. The normalized spacial score (nSPS) is 10.3. The molecule has 0 unspecified atom stereocenters. The summed E-state index contributed by atoms with van der Waals surface area (Å²) in [5.74, 6) is 0. The van der Waals surface area contributed by atoms with E-state index in [1.54, 1.807) is 0 Å². The second-order valence-electron chi connectivity index (χ2n) is 12.1. The SMILES string of the molecule is C[Si]C.Cc1[cH-]c2c(C)ccc(CCc3ccccc3)c2c1C.Cc1[cH-]c2c(C)ccc(CCc3ccccc3)c2c1C.[Cl][Zr+2][Cl]. The molecule has 0 amide bonds. The summed E-state index contributed by atoms with van der Waals surface area (Å²) in [7, 11) is 11.0. The van der Waals surface area contributed by atoms with Crippen molar-refractivity contribution in [1.82, 2.24) is 0 Å². The predicted molar refractivity (Wildman–Crippen MR) is 204 cm³/mol. The van der Waals surface area contributed by atoms with E-state index >= 15 is 0 Å². The first-order valence-corrected chi connectivity index (χ1v) is 24.4. The zero-order chi connectivity index (χ0) is 33.6. The van der Waals surface area contributed by atoms with Crippen LogP contribution < -0.4 is 0 Å². The van der Waals surface area contributed by atoms with Gasteiger partial charge in [0.1, 0.15) is 0 Å². The van der Waals surface area contributed by atoms with Crippen molar-refractivity contribution in [2.24, 2.45) is 0 Å². The van der Waals surface area contributed by atoms with E-state index in [1.165, 1.54) is 77.2 Å². The zero-order valence-electron chi connectivity index (χ0n) is 28.8. The molecule has 4 heteroatoms. The third kappa shape index (κ3) is 10.4. The quantitative estimate of drug-likeness (QED) is 0.118. The van der Waals surface area contributed by atoms with Crippen LogP contribution in [0.5, 0.6) is 0 Å². The Morgan fingerprint density at radius 2 is 0.848 bits per heavy atom. The third-order valence-corrected chi connectivity index (χ3v) is 8.81. The Bertz CT molecular complexity index is 1650. The van der Waals surface area contributed by atoms with Gasteiger partial charge in [-0.05, 0) is 36.8 Å². The molecular formula is C42H48Cl2SiZr. The number of hydrogen-bond acceptors (Lipinski definition) is 0. The molecule has 6 aromatic rings. The van der Waals surface area contributed by atoms with Gasteiger partial charge in [-0.1, -0.05) is 139 Å². The van der Waals surface area contributed by atoms with E-state index in [0.717, 1.165) is 35.2 Å². The summed E-state index contributed by atoms with van der Waals surface area (Å²) < 4.78 is 0. The molecule has 238 valence electrons. The fraction of sp³-hybridized carbons (Fsp3) is 0.286. The average molecular weight is 743 g/mol. The van der Waals surface area contributed by atoms with Gasteiger partial charge in [-0.2, -0.15) is 11.1 Å². The van der Waals surface area contributed by atoms with E-state index in [4.69, 9.17) is 17.0 Å². The number of fused-ring (bicyclic) bond motifs is 2. The second-order valence-corrected chi connectivity index (χ2v) is 16.8. The van der Waals surface area contributed by atoms with Crippen LogP contribution in [0.25, 0.3) is 21.5 Å². The molecule has 2 radical (unpaired) electrons. The van der Waals surface area contributed by atoms with Gasteiger partial charge >= 0.3 is 37.9 Å². The van der Waals surface area contributed by atoms with Gasteiger partial charge in [0.2, 0.25) is 0 Å². The molecule has 6 aromatic carbocycles. The maximum absolute atomic E-state index is 4.93. The van der Waals surface area contributed by atoms with Crippen LogP contribution in [0, 0.1) is 41.5 Å². The maximum atomic E-state index is 4.93. The molecule has 0 heterocycles. The summed E-state index contributed by atoms with van der Waals surface area (Å²) in [4.78, 5) is 0. The van der Waals surface area contributed by atoms with E-state index in [-0.39, 0.29) is 0 Å². The summed E-state index contributed by atoms with van der Waals surface area (Å²) in [5, 5.41) is 5.84. The van der Waals surface area contributed by atoms with Crippen LogP contribution in [0.15, 0.2) is 97.1 Å². The van der Waals surface area contributed by atoms with Crippen molar-refractivity contribution >= 4 is 48.1 Å². The predicted octanol–water partition coefficient (Wildman–Crippen LogP) is 12.7. The monoisotopic (exact) mass is 740 g/mol. The van der Waals surface area contributed by atoms with Crippen molar-refractivity contribution < 1.29 is 20.8 Å². The third-order valence-electron chi connectivity index (χ3n) is 8.81. The Kier molecular flexibility index (Phi) is 16.3. The van der Waals surface area contributed by atoms with E-state index < -0.39 is 20.8 Å². The standard InChI is InChI=1S/2C20H21.C2H6Si.2ClH.Zr/c2*1-14-9-11-18(12-10-17-7-5-4-6-8-17)20-16(3)15(2)13-19(14)20;1-3-2;;;/h2*4-9,11,13H,10,12H2,1-3H3;1-2H3;2*1H;/q2*-1;;;;+4/p-2. The molecule has 0 fully saturated rings. The first kappa shape index (κ1) is 38.2. The molecule has 0 aliphatic heterocycles. The minimum absolute atomic E-state index is 0.826. The number of hydrogen-bond donors (Lipinski definition) is 0. The van der Waals surface area contributed by atoms with Gasteiger partial charge in [0, 0.05) is 9.52 Å². The van der Waals surface area contributed by atoms with Crippen LogP contribution in [0.2, 0.25) is 13.1 Å². The Hall–Kier alpha value is -2.22. The number of rotatable bonds is 6. The Balaban J connectivity index is 0.000000214. The van der Waals surface area contributed by atoms with Crippen molar-refractivity contribution in [1.29, 1.82) is 0 Å². The minimum atomic E-state index is -0.826. The van der Waals surface area contributed by atoms with E-state index in [1.807, 2.05) is 0 Å². The van der Waals surface area contributed by atoms with Gasteiger partial charge in [-0.15, -0.1) is 68.1 Å². The molecule has 0 atom stereocenters. The molecule has 6 rings (SSSR count). The van der Waals surface area contributed by atoms with Crippen molar-refractivity contribution in [2.45, 2.75) is 80.3 Å². The molecule has 46 heavy (non-hydrogen) atoms. The Morgan fingerprint density at radius 1 is 0.522 bits per heavy atom. The van der Waals surface area contributed by atoms with Crippen molar-refractivity contribution in [3.8, 4) is 0 Å². The topological polar surface area (TPSA) is 0 Å². The Labute approximate surface area is 299 Å². The molecule has 0 saturated heterocycles. The van der Waals surface area contributed by atoms with E-state index in [9.17, 15) is 0 Å². The molecule has 0 N–H and O–H groups in total. The van der Waals surface area contributed by atoms with Crippen LogP contribution in [0.3, 0.4) is 0 Å². The molecular weight excluding hydrogens is 695 g/mol. The number of halogens is 2. The molecule has 0 nitrogen and oxygen atoms in total. The first-order valence-electron chi connectivity index (χ1n) is 16.1. The molecule has 0 saturated carbocycles. The Morgan fingerprint density at radius 3 is 1.17 bits per heavy atom. The van der Waals surface area contributed by atoms with E-state index in [0.29, 0.717) is 0 Å². The fourth-order valence-corrected chi connectivity index (χ4v) is 6.10. The van der Waals surface area contributed by atoms with Gasteiger partial charge in [-0.3, -0.25) is 0 Å². The van der Waals surface area contributed by atoms with Crippen LogP contribution >= 0.6 is 17.0 Å². The van der Waals surface area contributed by atoms with Gasteiger partial charge in [-0.25, -0.2) is 0 Å². The van der Waals surface area contributed by atoms with Crippen molar-refractivity contribution in [2.75, 3.05) is 0 Å². The number of benzene rings is 4. The zero-order valence-corrected chi connectivity index (χ0v) is 33.8.